The van der Waals surface area contributed by atoms with Gasteiger partial charge in [-0.05, 0) is 31.0 Å². The van der Waals surface area contributed by atoms with Gasteiger partial charge in [-0.25, -0.2) is 17.6 Å². The quantitative estimate of drug-likeness (QED) is 0.788. The average Bonchev–Trinajstić information content (AvgIpc) is 2.92. The normalized spacial score (nSPS) is 16.5. The predicted molar refractivity (Wildman–Crippen MR) is 65.7 cm³/mol. The lowest BCUT2D eigenvalue weighted by Crippen LogP contribution is -2.29. The zero-order valence-electron chi connectivity index (χ0n) is 10.4. The molecule has 0 aromatic heterocycles. The van der Waals surface area contributed by atoms with Gasteiger partial charge in [-0.2, -0.15) is 4.31 Å². The van der Waals surface area contributed by atoms with E-state index in [1.165, 1.54) is 4.31 Å². The molecule has 1 aromatic rings. The van der Waals surface area contributed by atoms with Gasteiger partial charge in [0.2, 0.25) is 10.0 Å². The number of methoxy groups -OCH3 is 1. The maximum Gasteiger partial charge on any atom is 0.339 e. The van der Waals surface area contributed by atoms with Crippen molar-refractivity contribution < 1.29 is 22.3 Å². The second-order valence-electron chi connectivity index (χ2n) is 4.24. The van der Waals surface area contributed by atoms with Crippen molar-refractivity contribution in [1.29, 1.82) is 0 Å². The first-order valence-electron chi connectivity index (χ1n) is 5.85. The molecule has 104 valence electrons. The molecule has 1 fully saturated rings. The second kappa shape index (κ2) is 5.26. The van der Waals surface area contributed by atoms with E-state index in [-0.39, 0.29) is 10.5 Å². The SMILES string of the molecule is COC(=O)c1ccc(F)cc1S(=O)(=O)N1CCCC1. The summed E-state index contributed by atoms with van der Waals surface area (Å²) in [4.78, 5) is 11.2. The molecule has 1 aromatic carbocycles. The standard InChI is InChI=1S/C12H14FNO4S/c1-18-12(15)10-5-4-9(13)8-11(10)19(16,17)14-6-2-3-7-14/h4-5,8H,2-3,6-7H2,1H3. The van der Waals surface area contributed by atoms with Crippen LogP contribution in [-0.4, -0.2) is 38.9 Å². The van der Waals surface area contributed by atoms with Crippen LogP contribution in [0.4, 0.5) is 4.39 Å². The number of benzene rings is 1. The minimum Gasteiger partial charge on any atom is -0.465 e. The van der Waals surface area contributed by atoms with Gasteiger partial charge in [0.05, 0.1) is 17.6 Å². The van der Waals surface area contributed by atoms with Crippen molar-refractivity contribution in [1.82, 2.24) is 4.31 Å². The fourth-order valence-corrected chi connectivity index (χ4v) is 3.76. The van der Waals surface area contributed by atoms with Crippen molar-refractivity contribution in [2.75, 3.05) is 20.2 Å². The predicted octanol–water partition coefficient (Wildman–Crippen LogP) is 1.40. The molecule has 1 saturated heterocycles. The summed E-state index contributed by atoms with van der Waals surface area (Å²) in [6.07, 6.45) is 1.53. The topological polar surface area (TPSA) is 63.7 Å². The highest BCUT2D eigenvalue weighted by Crippen LogP contribution is 2.25. The Morgan fingerprint density at radius 2 is 1.95 bits per heavy atom. The molecule has 1 heterocycles. The third-order valence-corrected chi connectivity index (χ3v) is 4.97. The first-order chi connectivity index (χ1) is 8.96. The lowest BCUT2D eigenvalue weighted by Gasteiger charge is -2.17. The Kier molecular flexibility index (Phi) is 3.86. The molecule has 5 nitrogen and oxygen atoms in total. The number of carbonyl (C=O) groups is 1. The monoisotopic (exact) mass is 287 g/mol. The first-order valence-corrected chi connectivity index (χ1v) is 7.29. The number of hydrogen-bond donors (Lipinski definition) is 0. The number of ether oxygens (including phenoxy) is 1. The Labute approximate surface area is 111 Å². The molecular weight excluding hydrogens is 273 g/mol. The second-order valence-corrected chi connectivity index (χ2v) is 6.15. The van der Waals surface area contributed by atoms with E-state index in [1.54, 1.807) is 0 Å². The molecule has 1 aliphatic rings. The van der Waals surface area contributed by atoms with Gasteiger partial charge in [-0.3, -0.25) is 0 Å². The van der Waals surface area contributed by atoms with Crippen LogP contribution in [0.5, 0.6) is 0 Å². The smallest absolute Gasteiger partial charge is 0.339 e. The summed E-state index contributed by atoms with van der Waals surface area (Å²) >= 11 is 0. The summed E-state index contributed by atoms with van der Waals surface area (Å²) in [5.41, 5.74) is -0.143. The molecule has 0 spiro atoms. The lowest BCUT2D eigenvalue weighted by atomic mass is 10.2. The van der Waals surface area contributed by atoms with Crippen LogP contribution in [0.3, 0.4) is 0 Å². The van der Waals surface area contributed by atoms with Gasteiger partial charge in [-0.15, -0.1) is 0 Å². The summed E-state index contributed by atoms with van der Waals surface area (Å²) in [6, 6.07) is 3.03. The summed E-state index contributed by atoms with van der Waals surface area (Å²) in [6.45, 7) is 0.777. The molecule has 0 saturated carbocycles. The highest BCUT2D eigenvalue weighted by Gasteiger charge is 2.31. The molecule has 0 aliphatic carbocycles. The van der Waals surface area contributed by atoms with Gasteiger partial charge < -0.3 is 4.74 Å². The number of rotatable bonds is 3. The van der Waals surface area contributed by atoms with Crippen LogP contribution in [-0.2, 0) is 14.8 Å². The van der Waals surface area contributed by atoms with E-state index >= 15 is 0 Å². The molecule has 0 atom stereocenters. The molecule has 0 N–H and O–H groups in total. The number of carbonyl (C=O) groups excluding carboxylic acids is 1. The summed E-state index contributed by atoms with van der Waals surface area (Å²) < 4.78 is 43.8. The zero-order valence-corrected chi connectivity index (χ0v) is 11.2. The van der Waals surface area contributed by atoms with E-state index in [1.807, 2.05) is 0 Å². The van der Waals surface area contributed by atoms with Crippen molar-refractivity contribution in [3.05, 3.63) is 29.6 Å². The summed E-state index contributed by atoms with van der Waals surface area (Å²) in [7, 11) is -2.70. The fraction of sp³-hybridized carbons (Fsp3) is 0.417. The van der Waals surface area contributed by atoms with Crippen LogP contribution in [0.25, 0.3) is 0 Å². The van der Waals surface area contributed by atoms with Gasteiger partial charge in [0.15, 0.2) is 0 Å². The van der Waals surface area contributed by atoms with Crippen molar-refractivity contribution in [3.63, 3.8) is 0 Å². The Bertz CT molecular complexity index is 594. The van der Waals surface area contributed by atoms with Crippen molar-refractivity contribution >= 4 is 16.0 Å². The molecule has 19 heavy (non-hydrogen) atoms. The highest BCUT2D eigenvalue weighted by molar-refractivity contribution is 7.89. The number of halogens is 1. The van der Waals surface area contributed by atoms with E-state index in [4.69, 9.17) is 0 Å². The Morgan fingerprint density at radius 1 is 1.32 bits per heavy atom. The number of nitrogens with zero attached hydrogens (tertiary/aromatic N) is 1. The van der Waals surface area contributed by atoms with Crippen LogP contribution in [0, 0.1) is 5.82 Å². The molecule has 0 unspecified atom stereocenters. The van der Waals surface area contributed by atoms with E-state index < -0.39 is 21.8 Å². The summed E-state index contributed by atoms with van der Waals surface area (Å²) in [5.74, 6) is -1.50. The van der Waals surface area contributed by atoms with E-state index in [0.29, 0.717) is 13.1 Å². The van der Waals surface area contributed by atoms with Crippen molar-refractivity contribution in [2.24, 2.45) is 0 Å². The third kappa shape index (κ3) is 2.62. The molecular formula is C12H14FNO4S. The van der Waals surface area contributed by atoms with Crippen molar-refractivity contribution in [2.45, 2.75) is 17.7 Å². The number of esters is 1. The number of hydrogen-bond acceptors (Lipinski definition) is 4. The zero-order chi connectivity index (χ0) is 14.0. The minimum absolute atomic E-state index is 0.143. The molecule has 0 amide bonds. The highest BCUT2D eigenvalue weighted by atomic mass is 32.2. The molecule has 2 rings (SSSR count). The van der Waals surface area contributed by atoms with E-state index in [9.17, 15) is 17.6 Å². The maximum atomic E-state index is 13.3. The van der Waals surface area contributed by atoms with Gasteiger partial charge in [0.1, 0.15) is 5.82 Å². The molecule has 7 heteroatoms. The molecule has 0 bridgehead atoms. The van der Waals surface area contributed by atoms with Gasteiger partial charge in [-0.1, -0.05) is 0 Å². The molecule has 1 aliphatic heterocycles. The largest absolute Gasteiger partial charge is 0.465 e. The van der Waals surface area contributed by atoms with Gasteiger partial charge in [0.25, 0.3) is 0 Å². The average molecular weight is 287 g/mol. The van der Waals surface area contributed by atoms with E-state index in [2.05, 4.69) is 4.74 Å². The minimum atomic E-state index is -3.85. The Morgan fingerprint density at radius 3 is 2.53 bits per heavy atom. The Hall–Kier alpha value is -1.47. The van der Waals surface area contributed by atoms with Crippen molar-refractivity contribution in [3.8, 4) is 0 Å². The fourth-order valence-electron chi connectivity index (χ4n) is 2.06. The lowest BCUT2D eigenvalue weighted by molar-refractivity contribution is 0.0596. The third-order valence-electron chi connectivity index (χ3n) is 3.03. The van der Waals surface area contributed by atoms with Gasteiger partial charge in [0, 0.05) is 13.1 Å². The van der Waals surface area contributed by atoms with Crippen LogP contribution < -0.4 is 0 Å². The van der Waals surface area contributed by atoms with Crippen LogP contribution in [0.2, 0.25) is 0 Å². The van der Waals surface area contributed by atoms with Crippen LogP contribution in [0.1, 0.15) is 23.2 Å². The first kappa shape index (κ1) is 14.0. The van der Waals surface area contributed by atoms with E-state index in [0.717, 1.165) is 38.2 Å². The van der Waals surface area contributed by atoms with Crippen LogP contribution >= 0.6 is 0 Å². The maximum absolute atomic E-state index is 13.3. The van der Waals surface area contributed by atoms with Gasteiger partial charge >= 0.3 is 5.97 Å². The summed E-state index contributed by atoms with van der Waals surface area (Å²) in [5, 5.41) is 0. The Balaban J connectivity index is 2.53. The number of sulfonamides is 1. The molecule has 0 radical (unpaired) electrons. The van der Waals surface area contributed by atoms with Crippen LogP contribution in [0.15, 0.2) is 23.1 Å².